The van der Waals surface area contributed by atoms with Gasteiger partial charge in [-0.2, -0.15) is 0 Å². The first-order chi connectivity index (χ1) is 6.63. The lowest BCUT2D eigenvalue weighted by atomic mass is 10.1. The number of likely N-dealkylation sites (tertiary alicyclic amines) is 1. The number of rotatable bonds is 4. The predicted octanol–water partition coefficient (Wildman–Crippen LogP) is -0.221. The molecule has 4 nitrogen and oxygen atoms in total. The maximum Gasteiger partial charge on any atom is 0.219 e. The van der Waals surface area contributed by atoms with E-state index in [0.717, 1.165) is 32.6 Å². The monoisotopic (exact) mass is 200 g/mol. The SMILES string of the molecule is CC(=O)N(C)C[C@@H]1CCN(CCO)C1. The van der Waals surface area contributed by atoms with Gasteiger partial charge in [0.2, 0.25) is 5.91 Å². The number of nitrogens with zero attached hydrogens (tertiary/aromatic N) is 2. The molecule has 0 aromatic carbocycles. The molecule has 0 bridgehead atoms. The lowest BCUT2D eigenvalue weighted by molar-refractivity contribution is -0.128. The number of aliphatic hydroxyl groups is 1. The first kappa shape index (κ1) is 11.5. The lowest BCUT2D eigenvalue weighted by Gasteiger charge is -2.20. The van der Waals surface area contributed by atoms with Crippen molar-refractivity contribution in [1.29, 1.82) is 0 Å². The summed E-state index contributed by atoms with van der Waals surface area (Å²) in [4.78, 5) is 15.0. The van der Waals surface area contributed by atoms with Gasteiger partial charge in [0.1, 0.15) is 0 Å². The first-order valence-electron chi connectivity index (χ1n) is 5.18. The van der Waals surface area contributed by atoms with Crippen LogP contribution >= 0.6 is 0 Å². The molecule has 0 spiro atoms. The highest BCUT2D eigenvalue weighted by atomic mass is 16.3. The number of β-amino-alcohol motifs (C(OH)–C–C–N with tert-alkyl or cyclic N) is 1. The Labute approximate surface area is 85.5 Å². The second-order valence-corrected chi connectivity index (χ2v) is 4.08. The van der Waals surface area contributed by atoms with Crippen molar-refractivity contribution in [2.45, 2.75) is 13.3 Å². The third-order valence-electron chi connectivity index (χ3n) is 2.86. The van der Waals surface area contributed by atoms with Gasteiger partial charge in [-0.05, 0) is 18.9 Å². The van der Waals surface area contributed by atoms with Gasteiger partial charge in [0, 0.05) is 33.6 Å². The quantitative estimate of drug-likeness (QED) is 0.682. The van der Waals surface area contributed by atoms with Crippen LogP contribution in [0.4, 0.5) is 0 Å². The van der Waals surface area contributed by atoms with Crippen LogP contribution in [0, 0.1) is 5.92 Å². The molecule has 1 aliphatic heterocycles. The van der Waals surface area contributed by atoms with Gasteiger partial charge in [-0.25, -0.2) is 0 Å². The molecular weight excluding hydrogens is 180 g/mol. The van der Waals surface area contributed by atoms with Crippen LogP contribution in [-0.4, -0.2) is 60.6 Å². The van der Waals surface area contributed by atoms with Crippen LogP contribution in [0.25, 0.3) is 0 Å². The molecule has 1 fully saturated rings. The van der Waals surface area contributed by atoms with Gasteiger partial charge in [0.15, 0.2) is 0 Å². The fourth-order valence-corrected chi connectivity index (χ4v) is 1.92. The summed E-state index contributed by atoms with van der Waals surface area (Å²) in [7, 11) is 1.84. The third kappa shape index (κ3) is 3.27. The summed E-state index contributed by atoms with van der Waals surface area (Å²) >= 11 is 0. The van der Waals surface area contributed by atoms with E-state index in [0.29, 0.717) is 5.92 Å². The Kier molecular flexibility index (Phi) is 4.35. The fourth-order valence-electron chi connectivity index (χ4n) is 1.92. The molecule has 0 unspecified atom stereocenters. The molecule has 4 heteroatoms. The highest BCUT2D eigenvalue weighted by molar-refractivity contribution is 5.72. The van der Waals surface area contributed by atoms with Crippen molar-refractivity contribution < 1.29 is 9.90 Å². The highest BCUT2D eigenvalue weighted by Crippen LogP contribution is 2.16. The van der Waals surface area contributed by atoms with Gasteiger partial charge >= 0.3 is 0 Å². The molecule has 0 saturated carbocycles. The van der Waals surface area contributed by atoms with Gasteiger partial charge < -0.3 is 14.9 Å². The zero-order chi connectivity index (χ0) is 10.6. The summed E-state index contributed by atoms with van der Waals surface area (Å²) < 4.78 is 0. The van der Waals surface area contributed by atoms with E-state index in [1.165, 1.54) is 0 Å². The molecule has 1 heterocycles. The molecule has 0 aromatic rings. The van der Waals surface area contributed by atoms with E-state index < -0.39 is 0 Å². The molecule has 1 aliphatic rings. The highest BCUT2D eigenvalue weighted by Gasteiger charge is 2.23. The summed E-state index contributed by atoms with van der Waals surface area (Å²) in [6.07, 6.45) is 1.14. The maximum atomic E-state index is 11.0. The van der Waals surface area contributed by atoms with E-state index in [4.69, 9.17) is 5.11 Å². The van der Waals surface area contributed by atoms with E-state index in [1.54, 1.807) is 11.8 Å². The van der Waals surface area contributed by atoms with Gasteiger partial charge in [-0.15, -0.1) is 0 Å². The van der Waals surface area contributed by atoms with Crippen LogP contribution in [0.3, 0.4) is 0 Å². The van der Waals surface area contributed by atoms with Crippen molar-refractivity contribution in [1.82, 2.24) is 9.80 Å². The van der Waals surface area contributed by atoms with E-state index in [2.05, 4.69) is 4.90 Å². The summed E-state index contributed by atoms with van der Waals surface area (Å²) in [6.45, 7) is 5.50. The average molecular weight is 200 g/mol. The van der Waals surface area contributed by atoms with Gasteiger partial charge in [0.25, 0.3) is 0 Å². The predicted molar refractivity (Wildman–Crippen MR) is 54.9 cm³/mol. The van der Waals surface area contributed by atoms with Crippen molar-refractivity contribution in [3.63, 3.8) is 0 Å². The second-order valence-electron chi connectivity index (χ2n) is 4.08. The van der Waals surface area contributed by atoms with Crippen LogP contribution in [0.15, 0.2) is 0 Å². The Bertz CT molecular complexity index is 197. The molecule has 82 valence electrons. The minimum absolute atomic E-state index is 0.130. The van der Waals surface area contributed by atoms with Crippen molar-refractivity contribution in [2.24, 2.45) is 5.92 Å². The number of carbonyl (C=O) groups is 1. The lowest BCUT2D eigenvalue weighted by Crippen LogP contribution is -2.32. The molecule has 1 amide bonds. The standard InChI is InChI=1S/C10H20N2O2/c1-9(14)11(2)7-10-3-4-12(8-10)5-6-13/h10,13H,3-8H2,1-2H3/t10-/m0/s1. The van der Waals surface area contributed by atoms with E-state index in [-0.39, 0.29) is 12.5 Å². The van der Waals surface area contributed by atoms with Crippen LogP contribution < -0.4 is 0 Å². The number of hydrogen-bond acceptors (Lipinski definition) is 3. The van der Waals surface area contributed by atoms with Crippen LogP contribution in [0.1, 0.15) is 13.3 Å². The zero-order valence-electron chi connectivity index (χ0n) is 9.07. The molecular formula is C10H20N2O2. The van der Waals surface area contributed by atoms with Crippen LogP contribution in [0.5, 0.6) is 0 Å². The number of carbonyl (C=O) groups excluding carboxylic acids is 1. The molecule has 1 saturated heterocycles. The Morgan fingerprint density at radius 1 is 1.64 bits per heavy atom. The maximum absolute atomic E-state index is 11.0. The number of aliphatic hydroxyl groups excluding tert-OH is 1. The Hall–Kier alpha value is -0.610. The Morgan fingerprint density at radius 3 is 2.93 bits per heavy atom. The van der Waals surface area contributed by atoms with Crippen molar-refractivity contribution in [3.8, 4) is 0 Å². The van der Waals surface area contributed by atoms with E-state index >= 15 is 0 Å². The molecule has 0 radical (unpaired) electrons. The Balaban J connectivity index is 2.25. The first-order valence-corrected chi connectivity index (χ1v) is 5.18. The Morgan fingerprint density at radius 2 is 2.36 bits per heavy atom. The van der Waals surface area contributed by atoms with Crippen LogP contribution in [-0.2, 0) is 4.79 Å². The molecule has 1 N–H and O–H groups in total. The van der Waals surface area contributed by atoms with Gasteiger partial charge in [-0.1, -0.05) is 0 Å². The number of amides is 1. The molecule has 14 heavy (non-hydrogen) atoms. The molecule has 0 aromatic heterocycles. The zero-order valence-corrected chi connectivity index (χ0v) is 9.07. The van der Waals surface area contributed by atoms with Crippen molar-refractivity contribution in [2.75, 3.05) is 39.8 Å². The summed E-state index contributed by atoms with van der Waals surface area (Å²) in [5.74, 6) is 0.709. The van der Waals surface area contributed by atoms with Crippen LogP contribution in [0.2, 0.25) is 0 Å². The molecule has 1 atom stereocenters. The largest absolute Gasteiger partial charge is 0.395 e. The van der Waals surface area contributed by atoms with Crippen molar-refractivity contribution in [3.05, 3.63) is 0 Å². The minimum Gasteiger partial charge on any atom is -0.395 e. The van der Waals surface area contributed by atoms with Gasteiger partial charge in [-0.3, -0.25) is 4.79 Å². The number of hydrogen-bond donors (Lipinski definition) is 1. The smallest absolute Gasteiger partial charge is 0.219 e. The average Bonchev–Trinajstić information content (AvgIpc) is 2.53. The van der Waals surface area contributed by atoms with Gasteiger partial charge in [0.05, 0.1) is 6.61 Å². The fraction of sp³-hybridized carbons (Fsp3) is 0.900. The third-order valence-corrected chi connectivity index (χ3v) is 2.86. The second kappa shape index (κ2) is 5.32. The summed E-state index contributed by atoms with van der Waals surface area (Å²) in [5, 5.41) is 8.78. The molecule has 0 aliphatic carbocycles. The summed E-state index contributed by atoms with van der Waals surface area (Å²) in [6, 6.07) is 0. The topological polar surface area (TPSA) is 43.8 Å². The normalized spacial score (nSPS) is 22.6. The molecule has 1 rings (SSSR count). The van der Waals surface area contributed by atoms with E-state index in [9.17, 15) is 4.79 Å². The summed E-state index contributed by atoms with van der Waals surface area (Å²) in [5.41, 5.74) is 0. The minimum atomic E-state index is 0.130. The van der Waals surface area contributed by atoms with E-state index in [1.807, 2.05) is 7.05 Å². The van der Waals surface area contributed by atoms with Crippen molar-refractivity contribution >= 4 is 5.91 Å².